The van der Waals surface area contributed by atoms with E-state index in [2.05, 4.69) is 10.5 Å². The zero-order chi connectivity index (χ0) is 20.8. The topological polar surface area (TPSA) is 120 Å². The minimum atomic E-state index is -0.573. The van der Waals surface area contributed by atoms with Crippen LogP contribution in [-0.4, -0.2) is 17.0 Å². The molecule has 0 aliphatic carbocycles. The van der Waals surface area contributed by atoms with Crippen LogP contribution in [0.2, 0.25) is 5.02 Å². The van der Waals surface area contributed by atoms with Crippen LogP contribution in [0.4, 0.5) is 11.4 Å². The molecule has 0 heterocycles. The third-order valence-corrected chi connectivity index (χ3v) is 4.10. The predicted octanol–water partition coefficient (Wildman–Crippen LogP) is 4.39. The first-order valence-corrected chi connectivity index (χ1v) is 8.71. The average molecular weight is 411 g/mol. The summed E-state index contributed by atoms with van der Waals surface area (Å²) in [5, 5.41) is 15.6. The van der Waals surface area contributed by atoms with Crippen LogP contribution in [-0.2, 0) is 0 Å². The lowest BCUT2D eigenvalue weighted by molar-refractivity contribution is -0.385. The second-order valence-corrected chi connectivity index (χ2v) is 6.25. The maximum atomic E-state index is 12.0. The zero-order valence-electron chi connectivity index (χ0n) is 14.9. The molecule has 0 aliphatic heterocycles. The lowest BCUT2D eigenvalue weighted by Gasteiger charge is -2.08. The molecule has 0 saturated heterocycles. The summed E-state index contributed by atoms with van der Waals surface area (Å²) in [5.41, 5.74) is 8.98. The minimum absolute atomic E-state index is 0.0335. The lowest BCUT2D eigenvalue weighted by Crippen LogP contribution is -2.17. The summed E-state index contributed by atoms with van der Waals surface area (Å²) in [5.74, 6) is -0.102. The van der Waals surface area contributed by atoms with E-state index >= 15 is 0 Å². The van der Waals surface area contributed by atoms with Crippen LogP contribution in [0.15, 0.2) is 71.8 Å². The molecule has 0 atom stereocenters. The van der Waals surface area contributed by atoms with Gasteiger partial charge in [0.05, 0.1) is 16.2 Å². The fourth-order valence-electron chi connectivity index (χ4n) is 2.35. The van der Waals surface area contributed by atoms with Crippen molar-refractivity contribution in [1.29, 1.82) is 0 Å². The fraction of sp³-hybridized carbons (Fsp3) is 0. The standard InChI is InChI=1S/C20H15ClN4O4/c21-16-3-1-2-4-18(16)29-19-10-5-13(11-17(19)25(27)28)12-23-24-20(26)14-6-8-15(22)9-7-14/h1-12H,22H2,(H,24,26)/b23-12+. The summed E-state index contributed by atoms with van der Waals surface area (Å²) in [7, 11) is 0. The summed E-state index contributed by atoms with van der Waals surface area (Å²) < 4.78 is 5.57. The molecule has 0 aliphatic rings. The van der Waals surface area contributed by atoms with E-state index < -0.39 is 10.8 Å². The van der Waals surface area contributed by atoms with Crippen LogP contribution in [0.1, 0.15) is 15.9 Å². The van der Waals surface area contributed by atoms with Gasteiger partial charge in [-0.15, -0.1) is 0 Å². The summed E-state index contributed by atoms with van der Waals surface area (Å²) in [6, 6.07) is 17.3. The Morgan fingerprint density at radius 3 is 2.52 bits per heavy atom. The number of nitrogens with one attached hydrogen (secondary N) is 1. The van der Waals surface area contributed by atoms with Crippen molar-refractivity contribution in [3.05, 3.63) is 93.0 Å². The van der Waals surface area contributed by atoms with Gasteiger partial charge in [0, 0.05) is 22.9 Å². The Labute approximate surface area is 170 Å². The second-order valence-electron chi connectivity index (χ2n) is 5.84. The normalized spacial score (nSPS) is 10.7. The van der Waals surface area contributed by atoms with Gasteiger partial charge >= 0.3 is 5.69 Å². The van der Waals surface area contributed by atoms with Gasteiger partial charge in [-0.2, -0.15) is 5.10 Å². The Hall–Kier alpha value is -3.91. The van der Waals surface area contributed by atoms with Crippen molar-refractivity contribution in [2.75, 3.05) is 5.73 Å². The number of carbonyl (C=O) groups is 1. The number of anilines is 1. The Morgan fingerprint density at radius 1 is 1.10 bits per heavy atom. The maximum Gasteiger partial charge on any atom is 0.312 e. The van der Waals surface area contributed by atoms with Gasteiger partial charge in [0.2, 0.25) is 5.75 Å². The number of nitrogens with zero attached hydrogens (tertiary/aromatic N) is 2. The van der Waals surface area contributed by atoms with Gasteiger partial charge in [0.15, 0.2) is 0 Å². The maximum absolute atomic E-state index is 12.0. The number of halogens is 1. The first-order valence-electron chi connectivity index (χ1n) is 8.34. The minimum Gasteiger partial charge on any atom is -0.449 e. The molecular weight excluding hydrogens is 396 g/mol. The number of nitrogens with two attached hydrogens (primary N) is 1. The van der Waals surface area contributed by atoms with Gasteiger partial charge in [0.1, 0.15) is 5.75 Å². The number of para-hydroxylation sites is 1. The third kappa shape index (κ3) is 5.08. The van der Waals surface area contributed by atoms with Crippen LogP contribution < -0.4 is 15.9 Å². The van der Waals surface area contributed by atoms with Gasteiger partial charge in [-0.3, -0.25) is 14.9 Å². The number of carbonyl (C=O) groups excluding carboxylic acids is 1. The molecule has 3 rings (SSSR count). The van der Waals surface area contributed by atoms with Gasteiger partial charge in [0.25, 0.3) is 5.91 Å². The molecule has 0 bridgehead atoms. The SMILES string of the molecule is Nc1ccc(C(=O)N/N=C/c2ccc(Oc3ccccc3Cl)c([N+](=O)[O-])c2)cc1. The van der Waals surface area contributed by atoms with Gasteiger partial charge in [-0.05, 0) is 48.5 Å². The van der Waals surface area contributed by atoms with Crippen LogP contribution in [0.3, 0.4) is 0 Å². The molecule has 0 spiro atoms. The van der Waals surface area contributed by atoms with E-state index in [1.54, 1.807) is 54.6 Å². The molecule has 3 aromatic rings. The first-order chi connectivity index (χ1) is 13.9. The van der Waals surface area contributed by atoms with Gasteiger partial charge in [-0.1, -0.05) is 23.7 Å². The molecule has 8 nitrogen and oxygen atoms in total. The van der Waals surface area contributed by atoms with E-state index in [0.29, 0.717) is 27.6 Å². The van der Waals surface area contributed by atoms with E-state index in [4.69, 9.17) is 22.1 Å². The number of benzene rings is 3. The van der Waals surface area contributed by atoms with Gasteiger partial charge < -0.3 is 10.5 Å². The van der Waals surface area contributed by atoms with Crippen LogP contribution >= 0.6 is 11.6 Å². The molecule has 1 amide bonds. The molecule has 9 heteroatoms. The average Bonchev–Trinajstić information content (AvgIpc) is 2.71. The highest BCUT2D eigenvalue weighted by molar-refractivity contribution is 6.32. The van der Waals surface area contributed by atoms with Crippen molar-refractivity contribution in [1.82, 2.24) is 5.43 Å². The van der Waals surface area contributed by atoms with Crippen LogP contribution in [0.5, 0.6) is 11.5 Å². The molecule has 0 fully saturated rings. The molecule has 0 radical (unpaired) electrons. The summed E-state index contributed by atoms with van der Waals surface area (Å²) in [4.78, 5) is 22.8. The molecule has 3 aromatic carbocycles. The quantitative estimate of drug-likeness (QED) is 0.270. The van der Waals surface area contributed by atoms with Crippen molar-refractivity contribution in [2.45, 2.75) is 0 Å². The monoisotopic (exact) mass is 410 g/mol. The van der Waals surface area contributed by atoms with E-state index in [1.807, 2.05) is 0 Å². The molecule has 3 N–H and O–H groups in total. The molecule has 0 unspecified atom stereocenters. The third-order valence-electron chi connectivity index (χ3n) is 3.79. The largest absolute Gasteiger partial charge is 0.449 e. The lowest BCUT2D eigenvalue weighted by atomic mass is 10.2. The van der Waals surface area contributed by atoms with Crippen molar-refractivity contribution >= 4 is 35.1 Å². The van der Waals surface area contributed by atoms with Crippen LogP contribution in [0.25, 0.3) is 0 Å². The van der Waals surface area contributed by atoms with E-state index in [9.17, 15) is 14.9 Å². The number of amides is 1. The van der Waals surface area contributed by atoms with Crippen molar-refractivity contribution in [3.8, 4) is 11.5 Å². The summed E-state index contributed by atoms with van der Waals surface area (Å²) in [6.45, 7) is 0. The number of hydrazone groups is 1. The van der Waals surface area contributed by atoms with Crippen molar-refractivity contribution in [2.24, 2.45) is 5.10 Å². The van der Waals surface area contributed by atoms with Gasteiger partial charge in [-0.25, -0.2) is 5.43 Å². The zero-order valence-corrected chi connectivity index (χ0v) is 15.7. The van der Waals surface area contributed by atoms with E-state index in [0.717, 1.165) is 0 Å². The molecule has 29 heavy (non-hydrogen) atoms. The van der Waals surface area contributed by atoms with E-state index in [1.165, 1.54) is 18.3 Å². The Balaban J connectivity index is 1.75. The number of nitro benzene ring substituents is 1. The second kappa shape index (κ2) is 8.85. The number of ether oxygens (including phenoxy) is 1. The number of hydrogen-bond acceptors (Lipinski definition) is 6. The van der Waals surface area contributed by atoms with E-state index in [-0.39, 0.29) is 11.4 Å². The number of hydrogen-bond donors (Lipinski definition) is 2. The number of nitro groups is 1. The Morgan fingerprint density at radius 2 is 1.83 bits per heavy atom. The molecule has 146 valence electrons. The highest BCUT2D eigenvalue weighted by atomic mass is 35.5. The number of nitrogen functional groups attached to an aromatic ring is 1. The van der Waals surface area contributed by atoms with Crippen LogP contribution in [0, 0.1) is 10.1 Å². The predicted molar refractivity (Wildman–Crippen MR) is 111 cm³/mol. The highest BCUT2D eigenvalue weighted by Gasteiger charge is 2.17. The van der Waals surface area contributed by atoms with Crippen molar-refractivity contribution in [3.63, 3.8) is 0 Å². The Kier molecular flexibility index (Phi) is 6.06. The van der Waals surface area contributed by atoms with Crippen molar-refractivity contribution < 1.29 is 14.5 Å². The fourth-order valence-corrected chi connectivity index (χ4v) is 2.53. The molecule has 0 saturated carbocycles. The number of rotatable bonds is 6. The summed E-state index contributed by atoms with van der Waals surface area (Å²) >= 11 is 6.03. The smallest absolute Gasteiger partial charge is 0.312 e. The highest BCUT2D eigenvalue weighted by Crippen LogP contribution is 2.35. The molecule has 0 aromatic heterocycles. The first kappa shape index (κ1) is 19.8. The summed E-state index contributed by atoms with van der Waals surface area (Å²) in [6.07, 6.45) is 1.29. The Bertz CT molecular complexity index is 1080. The molecular formula is C20H15ClN4O4.